The van der Waals surface area contributed by atoms with Crippen molar-refractivity contribution >= 4 is 45.6 Å². The highest BCUT2D eigenvalue weighted by atomic mass is 35.5. The molecule has 2 aliphatic heterocycles. The topological polar surface area (TPSA) is 88.0 Å². The third-order valence-electron chi connectivity index (χ3n) is 6.48. The lowest BCUT2D eigenvalue weighted by Gasteiger charge is -2.26. The van der Waals surface area contributed by atoms with Crippen molar-refractivity contribution in [1.82, 2.24) is 14.9 Å². The van der Waals surface area contributed by atoms with Gasteiger partial charge in [-0.3, -0.25) is 4.90 Å². The number of hydrogen-bond donors (Lipinski definition) is 1. The Morgan fingerprint density at radius 2 is 2.00 bits per heavy atom. The average molecular weight is 495 g/mol. The van der Waals surface area contributed by atoms with E-state index in [0.717, 1.165) is 63.3 Å². The number of carboxylic acids is 1. The second-order valence-corrected chi connectivity index (χ2v) is 9.11. The van der Waals surface area contributed by atoms with Crippen LogP contribution >= 0.6 is 11.6 Å². The zero-order valence-electron chi connectivity index (χ0n) is 19.4. The summed E-state index contributed by atoms with van der Waals surface area (Å²) in [5.74, 6) is 0.0648. The van der Waals surface area contributed by atoms with Crippen LogP contribution in [0.5, 0.6) is 5.75 Å². The second-order valence-electron chi connectivity index (χ2n) is 8.68. The fourth-order valence-corrected chi connectivity index (χ4v) is 4.79. The van der Waals surface area contributed by atoms with Crippen molar-refractivity contribution in [3.8, 4) is 5.75 Å². The number of rotatable bonds is 8. The number of aliphatic carboxylic acids is 1. The number of carboxylic acid groups (broad SMARTS) is 1. The molecule has 2 aromatic carbocycles. The molecule has 182 valence electrons. The highest BCUT2D eigenvalue weighted by Crippen LogP contribution is 2.40. The number of aromatic nitrogens is 2. The lowest BCUT2D eigenvalue weighted by atomic mass is 10.0. The van der Waals surface area contributed by atoms with E-state index in [2.05, 4.69) is 26.3 Å². The summed E-state index contributed by atoms with van der Waals surface area (Å²) < 4.78 is 11.5. The fraction of sp³-hybridized carbons (Fsp3) is 0.346. The fourth-order valence-electron chi connectivity index (χ4n) is 4.62. The van der Waals surface area contributed by atoms with E-state index in [1.807, 2.05) is 18.2 Å². The molecule has 1 N–H and O–H groups in total. The summed E-state index contributed by atoms with van der Waals surface area (Å²) in [5.41, 5.74) is 3.26. The van der Waals surface area contributed by atoms with Gasteiger partial charge in [0.25, 0.3) is 0 Å². The molecule has 3 heterocycles. The van der Waals surface area contributed by atoms with Crippen molar-refractivity contribution in [1.29, 1.82) is 0 Å². The standard InChI is InChI=1S/C26H27ClN4O4/c1-17(26(32)33)20-14-21-22(15-24(20)35-10-2-6-30-8-11-34-12-9-30)28-16-29-25(21)31-7-5-18-3-4-19(27)13-23(18)31/h3-4,13-16H,1-2,5-12H2,(H,32,33). The Bertz CT molecular complexity index is 1280. The van der Waals surface area contributed by atoms with Gasteiger partial charge in [0, 0.05) is 53.9 Å². The highest BCUT2D eigenvalue weighted by molar-refractivity contribution is 6.31. The predicted molar refractivity (Wildman–Crippen MR) is 136 cm³/mol. The van der Waals surface area contributed by atoms with Crippen molar-refractivity contribution < 1.29 is 19.4 Å². The molecule has 0 unspecified atom stereocenters. The highest BCUT2D eigenvalue weighted by Gasteiger charge is 2.25. The molecule has 35 heavy (non-hydrogen) atoms. The zero-order chi connectivity index (χ0) is 24.4. The van der Waals surface area contributed by atoms with Crippen LogP contribution in [0.1, 0.15) is 17.5 Å². The molecule has 9 heteroatoms. The Balaban J connectivity index is 1.45. The van der Waals surface area contributed by atoms with Gasteiger partial charge in [0.15, 0.2) is 0 Å². The number of anilines is 2. The average Bonchev–Trinajstić information content (AvgIpc) is 3.28. The maximum absolute atomic E-state index is 11.8. The molecular formula is C26H27ClN4O4. The Hall–Kier alpha value is -3.20. The monoisotopic (exact) mass is 494 g/mol. The molecule has 0 spiro atoms. The van der Waals surface area contributed by atoms with Crippen molar-refractivity contribution in [2.24, 2.45) is 0 Å². The molecule has 1 aromatic heterocycles. The molecule has 0 atom stereocenters. The van der Waals surface area contributed by atoms with Crippen LogP contribution in [0.25, 0.3) is 16.5 Å². The van der Waals surface area contributed by atoms with Gasteiger partial charge in [0.2, 0.25) is 0 Å². The Morgan fingerprint density at radius 1 is 1.17 bits per heavy atom. The predicted octanol–water partition coefficient (Wildman–Crippen LogP) is 4.18. The van der Waals surface area contributed by atoms with Gasteiger partial charge < -0.3 is 19.5 Å². The van der Waals surface area contributed by atoms with E-state index in [-0.39, 0.29) is 5.57 Å². The van der Waals surface area contributed by atoms with E-state index in [4.69, 9.17) is 21.1 Å². The SMILES string of the molecule is C=C(C(=O)O)c1cc2c(N3CCc4ccc(Cl)cc43)ncnc2cc1OCCCN1CCOCC1. The minimum atomic E-state index is -1.10. The molecule has 5 rings (SSSR count). The summed E-state index contributed by atoms with van der Waals surface area (Å²) in [6, 6.07) is 9.41. The molecule has 1 fully saturated rings. The molecular weight excluding hydrogens is 468 g/mol. The molecule has 8 nitrogen and oxygen atoms in total. The first-order chi connectivity index (χ1) is 17.0. The molecule has 0 aliphatic carbocycles. The Morgan fingerprint density at radius 3 is 2.80 bits per heavy atom. The van der Waals surface area contributed by atoms with E-state index in [1.54, 1.807) is 12.1 Å². The van der Waals surface area contributed by atoms with Crippen LogP contribution in [0.15, 0.2) is 43.2 Å². The maximum atomic E-state index is 11.8. The van der Waals surface area contributed by atoms with Gasteiger partial charge in [-0.25, -0.2) is 14.8 Å². The Labute approximate surface area is 208 Å². The van der Waals surface area contributed by atoms with Gasteiger partial charge in [-0.05, 0) is 36.6 Å². The number of carbonyl (C=O) groups is 1. The Kier molecular flexibility index (Phi) is 6.86. The van der Waals surface area contributed by atoms with Crippen molar-refractivity contribution in [2.75, 3.05) is 50.9 Å². The second kappa shape index (κ2) is 10.2. The summed E-state index contributed by atoms with van der Waals surface area (Å²) in [6.45, 7) is 9.24. The molecule has 0 saturated carbocycles. The summed E-state index contributed by atoms with van der Waals surface area (Å²) in [6.07, 6.45) is 3.21. The van der Waals surface area contributed by atoms with E-state index in [9.17, 15) is 9.90 Å². The van der Waals surface area contributed by atoms with Gasteiger partial charge in [-0.15, -0.1) is 0 Å². The van der Waals surface area contributed by atoms with Crippen LogP contribution in [-0.4, -0.2) is 71.9 Å². The first kappa shape index (κ1) is 23.5. The normalized spacial score (nSPS) is 15.9. The summed E-state index contributed by atoms with van der Waals surface area (Å²) in [7, 11) is 0. The van der Waals surface area contributed by atoms with Gasteiger partial charge in [0.05, 0.1) is 30.9 Å². The number of halogens is 1. The van der Waals surface area contributed by atoms with Crippen LogP contribution in [0.3, 0.4) is 0 Å². The number of nitrogens with zero attached hydrogens (tertiary/aromatic N) is 4. The minimum Gasteiger partial charge on any atom is -0.493 e. The molecule has 3 aromatic rings. The van der Waals surface area contributed by atoms with Crippen LogP contribution < -0.4 is 9.64 Å². The number of benzene rings is 2. The molecule has 1 saturated heterocycles. The molecule has 0 bridgehead atoms. The lowest BCUT2D eigenvalue weighted by Crippen LogP contribution is -2.37. The van der Waals surface area contributed by atoms with E-state index in [0.29, 0.717) is 34.3 Å². The number of morpholine rings is 1. The smallest absolute Gasteiger partial charge is 0.335 e. The van der Waals surface area contributed by atoms with E-state index >= 15 is 0 Å². The van der Waals surface area contributed by atoms with Crippen molar-refractivity contribution in [2.45, 2.75) is 12.8 Å². The van der Waals surface area contributed by atoms with Crippen LogP contribution in [0.4, 0.5) is 11.5 Å². The quantitative estimate of drug-likeness (QED) is 0.368. The van der Waals surface area contributed by atoms with Crippen LogP contribution in [0, 0.1) is 0 Å². The van der Waals surface area contributed by atoms with Crippen LogP contribution in [-0.2, 0) is 16.0 Å². The van der Waals surface area contributed by atoms with Gasteiger partial charge in [-0.2, -0.15) is 0 Å². The van der Waals surface area contributed by atoms with E-state index in [1.165, 1.54) is 11.9 Å². The zero-order valence-corrected chi connectivity index (χ0v) is 20.1. The van der Waals surface area contributed by atoms with Gasteiger partial charge >= 0.3 is 5.97 Å². The third-order valence-corrected chi connectivity index (χ3v) is 6.71. The minimum absolute atomic E-state index is 0.0326. The van der Waals surface area contributed by atoms with E-state index < -0.39 is 5.97 Å². The first-order valence-corrected chi connectivity index (χ1v) is 12.1. The van der Waals surface area contributed by atoms with Crippen molar-refractivity contribution in [3.63, 3.8) is 0 Å². The first-order valence-electron chi connectivity index (χ1n) is 11.7. The largest absolute Gasteiger partial charge is 0.493 e. The number of hydrogen-bond acceptors (Lipinski definition) is 7. The van der Waals surface area contributed by atoms with Gasteiger partial charge in [0.1, 0.15) is 17.9 Å². The number of fused-ring (bicyclic) bond motifs is 2. The molecule has 0 radical (unpaired) electrons. The third kappa shape index (κ3) is 4.96. The maximum Gasteiger partial charge on any atom is 0.335 e. The molecule has 2 aliphatic rings. The summed E-state index contributed by atoms with van der Waals surface area (Å²) >= 11 is 6.26. The summed E-state index contributed by atoms with van der Waals surface area (Å²) in [5, 5.41) is 11.1. The molecule has 0 amide bonds. The van der Waals surface area contributed by atoms with Crippen LogP contribution in [0.2, 0.25) is 5.02 Å². The number of ether oxygens (including phenoxy) is 2. The lowest BCUT2D eigenvalue weighted by molar-refractivity contribution is -0.130. The van der Waals surface area contributed by atoms with Crippen molar-refractivity contribution in [3.05, 3.63) is 59.4 Å². The van der Waals surface area contributed by atoms with Gasteiger partial charge in [-0.1, -0.05) is 24.2 Å². The summed E-state index contributed by atoms with van der Waals surface area (Å²) in [4.78, 5) is 25.3.